The van der Waals surface area contributed by atoms with Crippen LogP contribution in [0, 0.1) is 0 Å². The molecule has 104 valence electrons. The molecule has 3 atom stereocenters. The number of hydrogen-bond acceptors (Lipinski definition) is 3. The Balaban J connectivity index is 2.07. The molecule has 0 aliphatic carbocycles. The SMILES string of the molecule is CCC(C)(N)C(=O)N1CC2CCCCN2CC1C. The highest BCUT2D eigenvalue weighted by atomic mass is 16.2. The van der Waals surface area contributed by atoms with E-state index in [1.807, 2.05) is 18.7 Å². The second kappa shape index (κ2) is 5.17. The van der Waals surface area contributed by atoms with Gasteiger partial charge in [-0.2, -0.15) is 0 Å². The van der Waals surface area contributed by atoms with Crippen molar-refractivity contribution in [3.8, 4) is 0 Å². The highest BCUT2D eigenvalue weighted by Gasteiger charge is 2.39. The number of carbonyl (C=O) groups is 1. The van der Waals surface area contributed by atoms with Crippen molar-refractivity contribution in [2.75, 3.05) is 19.6 Å². The molecule has 0 aromatic heterocycles. The Morgan fingerprint density at radius 3 is 2.78 bits per heavy atom. The van der Waals surface area contributed by atoms with E-state index in [9.17, 15) is 4.79 Å². The average Bonchev–Trinajstić information content (AvgIpc) is 2.37. The van der Waals surface area contributed by atoms with Gasteiger partial charge in [-0.3, -0.25) is 9.69 Å². The molecular formula is C14H27N3O. The molecule has 0 aromatic carbocycles. The normalized spacial score (nSPS) is 32.8. The van der Waals surface area contributed by atoms with E-state index in [1.54, 1.807) is 0 Å². The number of nitrogens with two attached hydrogens (primary N) is 1. The Morgan fingerprint density at radius 1 is 1.39 bits per heavy atom. The van der Waals surface area contributed by atoms with Gasteiger partial charge >= 0.3 is 0 Å². The molecule has 0 bridgehead atoms. The van der Waals surface area contributed by atoms with E-state index in [1.165, 1.54) is 25.8 Å². The minimum Gasteiger partial charge on any atom is -0.336 e. The summed E-state index contributed by atoms with van der Waals surface area (Å²) < 4.78 is 0. The zero-order valence-electron chi connectivity index (χ0n) is 12.0. The third kappa shape index (κ3) is 2.54. The summed E-state index contributed by atoms with van der Waals surface area (Å²) >= 11 is 0. The van der Waals surface area contributed by atoms with Crippen molar-refractivity contribution in [1.82, 2.24) is 9.80 Å². The number of carbonyl (C=O) groups excluding carboxylic acids is 1. The molecule has 0 radical (unpaired) electrons. The van der Waals surface area contributed by atoms with Gasteiger partial charge in [0.1, 0.15) is 0 Å². The van der Waals surface area contributed by atoms with Gasteiger partial charge in [-0.25, -0.2) is 0 Å². The zero-order chi connectivity index (χ0) is 13.3. The van der Waals surface area contributed by atoms with Crippen LogP contribution >= 0.6 is 0 Å². The summed E-state index contributed by atoms with van der Waals surface area (Å²) in [5.41, 5.74) is 5.41. The summed E-state index contributed by atoms with van der Waals surface area (Å²) in [4.78, 5) is 17.1. The van der Waals surface area contributed by atoms with Crippen molar-refractivity contribution in [2.24, 2.45) is 5.73 Å². The van der Waals surface area contributed by atoms with Crippen LogP contribution in [0.5, 0.6) is 0 Å². The van der Waals surface area contributed by atoms with Gasteiger partial charge in [0.05, 0.1) is 5.54 Å². The fourth-order valence-corrected chi connectivity index (χ4v) is 3.11. The number of rotatable bonds is 2. The van der Waals surface area contributed by atoms with Gasteiger partial charge in [-0.05, 0) is 39.7 Å². The molecule has 3 unspecified atom stereocenters. The minimum absolute atomic E-state index is 0.128. The lowest BCUT2D eigenvalue weighted by Gasteiger charge is -2.49. The second-order valence-corrected chi connectivity index (χ2v) is 6.22. The van der Waals surface area contributed by atoms with Crippen molar-refractivity contribution in [3.63, 3.8) is 0 Å². The maximum absolute atomic E-state index is 12.5. The molecule has 0 spiro atoms. The van der Waals surface area contributed by atoms with Crippen molar-refractivity contribution in [1.29, 1.82) is 0 Å². The first kappa shape index (κ1) is 13.8. The Kier molecular flexibility index (Phi) is 3.97. The predicted molar refractivity (Wildman–Crippen MR) is 73.3 cm³/mol. The zero-order valence-corrected chi connectivity index (χ0v) is 12.0. The van der Waals surface area contributed by atoms with Crippen LogP contribution in [0.2, 0.25) is 0 Å². The Bertz CT molecular complexity index is 316. The smallest absolute Gasteiger partial charge is 0.242 e. The topological polar surface area (TPSA) is 49.6 Å². The summed E-state index contributed by atoms with van der Waals surface area (Å²) in [7, 11) is 0. The summed E-state index contributed by atoms with van der Waals surface area (Å²) in [6, 6.07) is 0.854. The number of amides is 1. The van der Waals surface area contributed by atoms with E-state index in [2.05, 4.69) is 11.8 Å². The summed E-state index contributed by atoms with van der Waals surface area (Å²) in [5.74, 6) is 0.128. The van der Waals surface area contributed by atoms with Gasteiger partial charge in [0.25, 0.3) is 0 Å². The molecule has 18 heavy (non-hydrogen) atoms. The van der Waals surface area contributed by atoms with Crippen LogP contribution in [0.1, 0.15) is 46.5 Å². The van der Waals surface area contributed by atoms with E-state index in [4.69, 9.17) is 5.73 Å². The molecule has 2 N–H and O–H groups in total. The van der Waals surface area contributed by atoms with Crippen molar-refractivity contribution in [2.45, 2.75) is 64.1 Å². The molecule has 4 heteroatoms. The van der Waals surface area contributed by atoms with Crippen LogP contribution in [-0.4, -0.2) is 53.0 Å². The van der Waals surface area contributed by atoms with E-state index >= 15 is 0 Å². The minimum atomic E-state index is -0.703. The molecule has 0 aromatic rings. The monoisotopic (exact) mass is 253 g/mol. The van der Waals surface area contributed by atoms with Crippen molar-refractivity contribution in [3.05, 3.63) is 0 Å². The van der Waals surface area contributed by atoms with E-state index < -0.39 is 5.54 Å². The van der Waals surface area contributed by atoms with Gasteiger partial charge in [0.2, 0.25) is 5.91 Å². The lowest BCUT2D eigenvalue weighted by atomic mass is 9.93. The van der Waals surface area contributed by atoms with Crippen molar-refractivity contribution < 1.29 is 4.79 Å². The maximum Gasteiger partial charge on any atom is 0.242 e. The van der Waals surface area contributed by atoms with Gasteiger partial charge in [-0.15, -0.1) is 0 Å². The van der Waals surface area contributed by atoms with Crippen LogP contribution < -0.4 is 5.73 Å². The van der Waals surface area contributed by atoms with Gasteiger partial charge in [0.15, 0.2) is 0 Å². The van der Waals surface area contributed by atoms with Crippen LogP contribution in [0.4, 0.5) is 0 Å². The standard InChI is InChI=1S/C14H27N3O/c1-4-14(3,15)13(18)17-10-12-7-5-6-8-16(12)9-11(17)2/h11-12H,4-10,15H2,1-3H3. The summed E-state index contributed by atoms with van der Waals surface area (Å²) in [6.45, 7) is 9.07. The van der Waals surface area contributed by atoms with Gasteiger partial charge in [0, 0.05) is 25.2 Å². The summed E-state index contributed by atoms with van der Waals surface area (Å²) in [5, 5.41) is 0. The predicted octanol–water partition coefficient (Wildman–Crippen LogP) is 1.20. The number of hydrogen-bond donors (Lipinski definition) is 1. The van der Waals surface area contributed by atoms with Crippen LogP contribution in [0.25, 0.3) is 0 Å². The van der Waals surface area contributed by atoms with Gasteiger partial charge < -0.3 is 10.6 Å². The average molecular weight is 253 g/mol. The number of piperidine rings is 1. The molecule has 2 aliphatic rings. The first-order valence-electron chi connectivity index (χ1n) is 7.29. The highest BCUT2D eigenvalue weighted by Crippen LogP contribution is 2.25. The van der Waals surface area contributed by atoms with Crippen LogP contribution in [0.15, 0.2) is 0 Å². The summed E-state index contributed by atoms with van der Waals surface area (Å²) in [6.07, 6.45) is 4.53. The van der Waals surface area contributed by atoms with E-state index in [-0.39, 0.29) is 5.91 Å². The third-order valence-electron chi connectivity index (χ3n) is 4.67. The molecule has 2 rings (SSSR count). The quantitative estimate of drug-likeness (QED) is 0.804. The molecule has 2 heterocycles. The largest absolute Gasteiger partial charge is 0.336 e. The Morgan fingerprint density at radius 2 is 2.11 bits per heavy atom. The second-order valence-electron chi connectivity index (χ2n) is 6.22. The first-order valence-corrected chi connectivity index (χ1v) is 7.29. The van der Waals surface area contributed by atoms with Crippen LogP contribution in [0.3, 0.4) is 0 Å². The first-order chi connectivity index (χ1) is 8.45. The lowest BCUT2D eigenvalue weighted by Crippen LogP contribution is -2.64. The number of piperazine rings is 1. The Labute approximate surface area is 110 Å². The van der Waals surface area contributed by atoms with Crippen molar-refractivity contribution >= 4 is 5.91 Å². The third-order valence-corrected chi connectivity index (χ3v) is 4.67. The van der Waals surface area contributed by atoms with Gasteiger partial charge in [-0.1, -0.05) is 13.3 Å². The molecule has 2 aliphatic heterocycles. The fraction of sp³-hybridized carbons (Fsp3) is 0.929. The molecule has 2 fully saturated rings. The number of nitrogens with zero attached hydrogens (tertiary/aromatic N) is 2. The molecule has 2 saturated heterocycles. The maximum atomic E-state index is 12.5. The molecule has 0 saturated carbocycles. The van der Waals surface area contributed by atoms with E-state index in [0.717, 1.165) is 13.1 Å². The Hall–Kier alpha value is -0.610. The van der Waals surface area contributed by atoms with E-state index in [0.29, 0.717) is 18.5 Å². The molecule has 4 nitrogen and oxygen atoms in total. The number of fused-ring (bicyclic) bond motifs is 1. The molecular weight excluding hydrogens is 226 g/mol. The molecule has 1 amide bonds. The van der Waals surface area contributed by atoms with Crippen LogP contribution in [-0.2, 0) is 4.79 Å². The lowest BCUT2D eigenvalue weighted by molar-refractivity contribution is -0.143. The fourth-order valence-electron chi connectivity index (χ4n) is 3.11. The highest BCUT2D eigenvalue weighted by molar-refractivity contribution is 5.86.